The van der Waals surface area contributed by atoms with Crippen molar-refractivity contribution in [1.82, 2.24) is 9.88 Å². The van der Waals surface area contributed by atoms with Crippen molar-refractivity contribution in [1.29, 1.82) is 0 Å². The second-order valence-corrected chi connectivity index (χ2v) is 6.21. The molecule has 0 aliphatic carbocycles. The molecular weight excluding hydrogens is 284 g/mol. The van der Waals surface area contributed by atoms with Gasteiger partial charge >= 0.3 is 0 Å². The predicted octanol–water partition coefficient (Wildman–Crippen LogP) is 2.78. The van der Waals surface area contributed by atoms with E-state index >= 15 is 0 Å². The molecule has 0 radical (unpaired) electrons. The van der Waals surface area contributed by atoms with Crippen LogP contribution < -0.4 is 4.74 Å². The Morgan fingerprint density at radius 1 is 1.33 bits per heavy atom. The summed E-state index contributed by atoms with van der Waals surface area (Å²) in [4.78, 5) is 7.09. The molecule has 4 nitrogen and oxygen atoms in total. The Balaban J connectivity index is 1.71. The third-order valence-corrected chi connectivity index (χ3v) is 4.76. The molecule has 1 aromatic carbocycles. The van der Waals surface area contributed by atoms with Crippen molar-refractivity contribution in [2.75, 3.05) is 20.2 Å². The first kappa shape index (κ1) is 14.5. The van der Waals surface area contributed by atoms with E-state index in [1.54, 1.807) is 18.4 Å². The number of para-hydroxylation sites is 1. The number of thiazole rings is 1. The topological polar surface area (TPSA) is 45.6 Å². The molecule has 1 saturated heterocycles. The molecule has 0 unspecified atom stereocenters. The number of hydrogen-bond acceptors (Lipinski definition) is 5. The van der Waals surface area contributed by atoms with Crippen LogP contribution in [0.3, 0.4) is 0 Å². The monoisotopic (exact) mass is 304 g/mol. The average Bonchev–Trinajstić information content (AvgIpc) is 2.98. The minimum atomic E-state index is -0.124. The molecule has 21 heavy (non-hydrogen) atoms. The first-order valence-corrected chi connectivity index (χ1v) is 8.12. The van der Waals surface area contributed by atoms with Crippen LogP contribution in [0, 0.1) is 0 Å². The molecule has 1 N–H and O–H groups in total. The summed E-state index contributed by atoms with van der Waals surface area (Å²) < 4.78 is 5.40. The molecule has 1 aliphatic heterocycles. The fraction of sp³-hybridized carbons (Fsp3) is 0.438. The Hall–Kier alpha value is -1.43. The molecule has 3 rings (SSSR count). The molecule has 1 fully saturated rings. The van der Waals surface area contributed by atoms with Gasteiger partial charge in [0.1, 0.15) is 10.8 Å². The predicted molar refractivity (Wildman–Crippen MR) is 84.6 cm³/mol. The van der Waals surface area contributed by atoms with Crippen LogP contribution in [0.15, 0.2) is 29.6 Å². The van der Waals surface area contributed by atoms with E-state index in [9.17, 15) is 5.11 Å². The maximum absolute atomic E-state index is 9.55. The summed E-state index contributed by atoms with van der Waals surface area (Å²) in [5, 5.41) is 12.7. The summed E-state index contributed by atoms with van der Waals surface area (Å²) in [6.45, 7) is 2.75. The van der Waals surface area contributed by atoms with Gasteiger partial charge in [-0.3, -0.25) is 4.90 Å². The summed E-state index contributed by atoms with van der Waals surface area (Å²) in [6, 6.07) is 7.97. The quantitative estimate of drug-likeness (QED) is 0.943. The van der Waals surface area contributed by atoms with E-state index in [2.05, 4.69) is 10.3 Å². The number of nitrogens with zero attached hydrogens (tertiary/aromatic N) is 2. The number of ether oxygens (including phenoxy) is 1. The molecule has 0 spiro atoms. The number of aliphatic hydroxyl groups is 1. The van der Waals surface area contributed by atoms with E-state index in [-0.39, 0.29) is 6.10 Å². The van der Waals surface area contributed by atoms with Gasteiger partial charge in [0.15, 0.2) is 0 Å². The SMILES string of the molecule is COc1ccccc1-c1nc(CN2CCC(O)CC2)cs1. The lowest BCUT2D eigenvalue weighted by Gasteiger charge is -2.28. The molecule has 2 heterocycles. The smallest absolute Gasteiger partial charge is 0.129 e. The Morgan fingerprint density at radius 2 is 2.10 bits per heavy atom. The molecule has 0 saturated carbocycles. The van der Waals surface area contributed by atoms with Gasteiger partial charge < -0.3 is 9.84 Å². The van der Waals surface area contributed by atoms with Crippen molar-refractivity contribution < 1.29 is 9.84 Å². The first-order valence-electron chi connectivity index (χ1n) is 7.24. The lowest BCUT2D eigenvalue weighted by atomic mass is 10.1. The van der Waals surface area contributed by atoms with Crippen LogP contribution in [0.1, 0.15) is 18.5 Å². The standard InChI is InChI=1S/C16H20N2O2S/c1-20-15-5-3-2-4-14(15)16-17-12(11-21-16)10-18-8-6-13(19)7-9-18/h2-5,11,13,19H,6-10H2,1H3. The summed E-state index contributed by atoms with van der Waals surface area (Å²) in [6.07, 6.45) is 1.60. The highest BCUT2D eigenvalue weighted by Gasteiger charge is 2.18. The van der Waals surface area contributed by atoms with Gasteiger partial charge in [0.2, 0.25) is 0 Å². The van der Waals surface area contributed by atoms with Crippen LogP contribution in [0.5, 0.6) is 5.75 Å². The van der Waals surface area contributed by atoms with E-state index in [4.69, 9.17) is 9.72 Å². The lowest BCUT2D eigenvalue weighted by molar-refractivity contribution is 0.0787. The van der Waals surface area contributed by atoms with Gasteiger partial charge in [0, 0.05) is 25.0 Å². The molecule has 0 amide bonds. The normalized spacial score (nSPS) is 17.0. The fourth-order valence-electron chi connectivity index (χ4n) is 2.63. The zero-order valence-corrected chi connectivity index (χ0v) is 13.0. The van der Waals surface area contributed by atoms with Gasteiger partial charge in [0.05, 0.1) is 24.5 Å². The van der Waals surface area contributed by atoms with Crippen LogP contribution in [0.2, 0.25) is 0 Å². The minimum absolute atomic E-state index is 0.124. The molecular formula is C16H20N2O2S. The Labute approximate surface area is 129 Å². The minimum Gasteiger partial charge on any atom is -0.496 e. The zero-order chi connectivity index (χ0) is 14.7. The van der Waals surface area contributed by atoms with Gasteiger partial charge in [-0.15, -0.1) is 11.3 Å². The summed E-state index contributed by atoms with van der Waals surface area (Å²) >= 11 is 1.65. The summed E-state index contributed by atoms with van der Waals surface area (Å²) in [7, 11) is 1.69. The van der Waals surface area contributed by atoms with E-state index < -0.39 is 0 Å². The van der Waals surface area contributed by atoms with E-state index in [0.717, 1.165) is 54.5 Å². The number of piperidine rings is 1. The Morgan fingerprint density at radius 3 is 2.86 bits per heavy atom. The Kier molecular flexibility index (Phi) is 4.53. The maximum atomic E-state index is 9.55. The van der Waals surface area contributed by atoms with Crippen molar-refractivity contribution in [2.45, 2.75) is 25.5 Å². The maximum Gasteiger partial charge on any atom is 0.129 e. The van der Waals surface area contributed by atoms with Crippen LogP contribution in [-0.4, -0.2) is 41.3 Å². The molecule has 0 bridgehead atoms. The molecule has 0 atom stereocenters. The third-order valence-electron chi connectivity index (χ3n) is 3.83. The first-order chi connectivity index (χ1) is 10.3. The van der Waals surface area contributed by atoms with Crippen LogP contribution in [0.25, 0.3) is 10.6 Å². The van der Waals surface area contributed by atoms with Crippen LogP contribution >= 0.6 is 11.3 Å². The van der Waals surface area contributed by atoms with Gasteiger partial charge in [-0.2, -0.15) is 0 Å². The summed E-state index contributed by atoms with van der Waals surface area (Å²) in [5.41, 5.74) is 2.14. The molecule has 5 heteroatoms. The van der Waals surface area contributed by atoms with Gasteiger partial charge in [-0.25, -0.2) is 4.98 Å². The highest BCUT2D eigenvalue weighted by atomic mass is 32.1. The van der Waals surface area contributed by atoms with Crippen molar-refractivity contribution >= 4 is 11.3 Å². The highest BCUT2D eigenvalue weighted by Crippen LogP contribution is 2.32. The molecule has 1 aliphatic rings. The van der Waals surface area contributed by atoms with Crippen molar-refractivity contribution in [2.24, 2.45) is 0 Å². The second-order valence-electron chi connectivity index (χ2n) is 5.35. The van der Waals surface area contributed by atoms with E-state index in [1.807, 2.05) is 24.3 Å². The molecule has 1 aromatic heterocycles. The number of aliphatic hydroxyl groups excluding tert-OH is 1. The van der Waals surface area contributed by atoms with Crippen molar-refractivity contribution in [3.8, 4) is 16.3 Å². The third kappa shape index (κ3) is 3.43. The van der Waals surface area contributed by atoms with Gasteiger partial charge in [0.25, 0.3) is 0 Å². The lowest BCUT2D eigenvalue weighted by Crippen LogP contribution is -2.35. The number of likely N-dealkylation sites (tertiary alicyclic amines) is 1. The van der Waals surface area contributed by atoms with Gasteiger partial charge in [-0.05, 0) is 25.0 Å². The van der Waals surface area contributed by atoms with Crippen LogP contribution in [0.4, 0.5) is 0 Å². The molecule has 112 valence electrons. The number of rotatable bonds is 4. The average molecular weight is 304 g/mol. The second kappa shape index (κ2) is 6.56. The largest absolute Gasteiger partial charge is 0.496 e. The number of methoxy groups -OCH3 is 1. The van der Waals surface area contributed by atoms with Crippen molar-refractivity contribution in [3.05, 3.63) is 35.3 Å². The fourth-order valence-corrected chi connectivity index (χ4v) is 3.47. The Bertz CT molecular complexity index is 591. The zero-order valence-electron chi connectivity index (χ0n) is 12.2. The van der Waals surface area contributed by atoms with E-state index in [0.29, 0.717) is 0 Å². The van der Waals surface area contributed by atoms with Crippen LogP contribution in [-0.2, 0) is 6.54 Å². The molecule has 2 aromatic rings. The van der Waals surface area contributed by atoms with Gasteiger partial charge in [-0.1, -0.05) is 12.1 Å². The van der Waals surface area contributed by atoms with Crippen molar-refractivity contribution in [3.63, 3.8) is 0 Å². The number of hydrogen-bond donors (Lipinski definition) is 1. The highest BCUT2D eigenvalue weighted by molar-refractivity contribution is 7.13. The van der Waals surface area contributed by atoms with E-state index in [1.165, 1.54) is 0 Å². The number of aromatic nitrogens is 1. The number of benzene rings is 1. The summed E-state index contributed by atoms with van der Waals surface area (Å²) in [5.74, 6) is 0.861.